The molecule has 0 bridgehead atoms. The highest BCUT2D eigenvalue weighted by Crippen LogP contribution is 2.31. The third-order valence-corrected chi connectivity index (χ3v) is 4.72. The highest BCUT2D eigenvalue weighted by molar-refractivity contribution is 5.85. The lowest BCUT2D eigenvalue weighted by Crippen LogP contribution is -2.41. The van der Waals surface area contributed by atoms with Crippen molar-refractivity contribution in [3.05, 3.63) is 65.2 Å². The number of carbonyl (C=O) groups is 1. The van der Waals surface area contributed by atoms with Crippen molar-refractivity contribution in [1.82, 2.24) is 5.32 Å². The van der Waals surface area contributed by atoms with Crippen molar-refractivity contribution >= 4 is 36.4 Å². The van der Waals surface area contributed by atoms with Gasteiger partial charge in [-0.05, 0) is 37.5 Å². The van der Waals surface area contributed by atoms with E-state index in [4.69, 9.17) is 5.73 Å². The second-order valence-corrected chi connectivity index (χ2v) is 6.55. The third-order valence-electron chi connectivity index (χ3n) is 4.72. The van der Waals surface area contributed by atoms with Gasteiger partial charge in [-0.2, -0.15) is 0 Å². The lowest BCUT2D eigenvalue weighted by Gasteiger charge is -2.25. The van der Waals surface area contributed by atoms with Crippen molar-refractivity contribution in [3.63, 3.8) is 0 Å². The molecule has 2 atom stereocenters. The van der Waals surface area contributed by atoms with Crippen LogP contribution < -0.4 is 16.0 Å². The molecule has 142 valence electrons. The summed E-state index contributed by atoms with van der Waals surface area (Å²) in [5.41, 5.74) is 10.7. The molecule has 4 nitrogen and oxygen atoms in total. The van der Waals surface area contributed by atoms with E-state index in [1.165, 1.54) is 11.3 Å². The van der Waals surface area contributed by atoms with Crippen molar-refractivity contribution in [1.29, 1.82) is 0 Å². The van der Waals surface area contributed by atoms with E-state index in [9.17, 15) is 4.79 Å². The van der Waals surface area contributed by atoms with E-state index in [0.29, 0.717) is 12.6 Å². The summed E-state index contributed by atoms with van der Waals surface area (Å²) in [4.78, 5) is 14.6. The van der Waals surface area contributed by atoms with Crippen LogP contribution in [0, 0.1) is 6.92 Å². The monoisotopic (exact) mass is 395 g/mol. The van der Waals surface area contributed by atoms with Crippen LogP contribution in [-0.2, 0) is 11.2 Å². The fourth-order valence-corrected chi connectivity index (χ4v) is 3.31. The number of fused-ring (bicyclic) bond motifs is 1. The maximum Gasteiger partial charge on any atom is 0.241 e. The Hall–Kier alpha value is -1.75. The molecule has 0 radical (unpaired) electrons. The van der Waals surface area contributed by atoms with E-state index in [2.05, 4.69) is 41.4 Å². The average molecular weight is 396 g/mol. The van der Waals surface area contributed by atoms with E-state index in [1.807, 2.05) is 31.2 Å². The lowest BCUT2D eigenvalue weighted by atomic mass is 10.1. The molecular weight excluding hydrogens is 369 g/mol. The van der Waals surface area contributed by atoms with Crippen LogP contribution in [0.2, 0.25) is 0 Å². The largest absolute Gasteiger partial charge is 0.367 e. The Morgan fingerprint density at radius 1 is 1.19 bits per heavy atom. The van der Waals surface area contributed by atoms with Crippen LogP contribution in [0.3, 0.4) is 0 Å². The fourth-order valence-electron chi connectivity index (χ4n) is 3.31. The molecule has 1 aliphatic heterocycles. The molecule has 0 saturated carbocycles. The molecule has 2 aromatic rings. The molecule has 26 heavy (non-hydrogen) atoms. The second-order valence-electron chi connectivity index (χ2n) is 6.55. The van der Waals surface area contributed by atoms with Crippen LogP contribution in [0.5, 0.6) is 0 Å². The number of para-hydroxylation sites is 1. The SMILES string of the molecule is Cc1ccc(C(N)C(=O)NCCN2c3ccccc3CC2C)cc1.Cl.Cl. The van der Waals surface area contributed by atoms with Crippen LogP contribution in [-0.4, -0.2) is 25.0 Å². The van der Waals surface area contributed by atoms with Gasteiger partial charge in [0.2, 0.25) is 5.91 Å². The van der Waals surface area contributed by atoms with Gasteiger partial charge >= 0.3 is 0 Å². The van der Waals surface area contributed by atoms with Gasteiger partial charge in [-0.25, -0.2) is 0 Å². The predicted molar refractivity (Wildman–Crippen MR) is 113 cm³/mol. The second kappa shape index (κ2) is 9.81. The van der Waals surface area contributed by atoms with E-state index in [-0.39, 0.29) is 30.7 Å². The number of nitrogens with zero attached hydrogens (tertiary/aromatic N) is 1. The topological polar surface area (TPSA) is 58.4 Å². The first-order valence-electron chi connectivity index (χ1n) is 8.50. The van der Waals surface area contributed by atoms with Gasteiger partial charge in [-0.1, -0.05) is 48.0 Å². The molecule has 0 aliphatic carbocycles. The summed E-state index contributed by atoms with van der Waals surface area (Å²) in [7, 11) is 0. The molecule has 6 heteroatoms. The highest BCUT2D eigenvalue weighted by Gasteiger charge is 2.25. The van der Waals surface area contributed by atoms with E-state index >= 15 is 0 Å². The van der Waals surface area contributed by atoms with Crippen molar-refractivity contribution in [2.45, 2.75) is 32.4 Å². The van der Waals surface area contributed by atoms with Crippen molar-refractivity contribution in [2.75, 3.05) is 18.0 Å². The fraction of sp³-hybridized carbons (Fsp3) is 0.350. The first-order valence-corrected chi connectivity index (χ1v) is 8.50. The Balaban J connectivity index is 0.00000169. The normalized spacial score (nSPS) is 16.1. The molecule has 1 heterocycles. The summed E-state index contributed by atoms with van der Waals surface area (Å²) in [6.45, 7) is 5.63. The first kappa shape index (κ1) is 22.3. The van der Waals surface area contributed by atoms with Gasteiger partial charge in [-0.15, -0.1) is 24.8 Å². The number of halogens is 2. The van der Waals surface area contributed by atoms with Gasteiger partial charge in [-0.3, -0.25) is 4.79 Å². The van der Waals surface area contributed by atoms with Crippen LogP contribution >= 0.6 is 24.8 Å². The predicted octanol–water partition coefficient (Wildman–Crippen LogP) is 3.41. The average Bonchev–Trinajstić information content (AvgIpc) is 2.90. The zero-order chi connectivity index (χ0) is 17.1. The molecule has 0 fully saturated rings. The number of hydrogen-bond donors (Lipinski definition) is 2. The van der Waals surface area contributed by atoms with E-state index in [1.54, 1.807) is 0 Å². The van der Waals surface area contributed by atoms with Crippen LogP contribution in [0.1, 0.15) is 29.7 Å². The van der Waals surface area contributed by atoms with Crippen LogP contribution in [0.25, 0.3) is 0 Å². The Kier molecular flexibility index (Phi) is 8.41. The smallest absolute Gasteiger partial charge is 0.241 e. The lowest BCUT2D eigenvalue weighted by molar-refractivity contribution is -0.122. The molecule has 3 rings (SSSR count). The van der Waals surface area contributed by atoms with Crippen molar-refractivity contribution in [3.8, 4) is 0 Å². The third kappa shape index (κ3) is 4.91. The summed E-state index contributed by atoms with van der Waals surface area (Å²) in [6, 6.07) is 16.1. The van der Waals surface area contributed by atoms with Gasteiger partial charge in [0.25, 0.3) is 0 Å². The van der Waals surface area contributed by atoms with Crippen LogP contribution in [0.4, 0.5) is 5.69 Å². The summed E-state index contributed by atoms with van der Waals surface area (Å²) in [6.07, 6.45) is 1.06. The Labute approximate surface area is 168 Å². The zero-order valence-electron chi connectivity index (χ0n) is 15.1. The molecule has 2 unspecified atom stereocenters. The molecule has 0 aromatic heterocycles. The quantitative estimate of drug-likeness (QED) is 0.815. The van der Waals surface area contributed by atoms with Gasteiger partial charge < -0.3 is 16.0 Å². The maximum atomic E-state index is 12.3. The number of anilines is 1. The van der Waals surface area contributed by atoms with Gasteiger partial charge in [0.05, 0.1) is 0 Å². The van der Waals surface area contributed by atoms with Crippen LogP contribution in [0.15, 0.2) is 48.5 Å². The summed E-state index contributed by atoms with van der Waals surface area (Å²) in [5.74, 6) is -0.126. The molecule has 3 N–H and O–H groups in total. The zero-order valence-corrected chi connectivity index (χ0v) is 16.8. The Bertz CT molecular complexity index is 721. The summed E-state index contributed by atoms with van der Waals surface area (Å²) >= 11 is 0. The minimum absolute atomic E-state index is 0. The number of nitrogens with two attached hydrogens (primary N) is 1. The van der Waals surface area contributed by atoms with Gasteiger partial charge in [0.15, 0.2) is 0 Å². The Morgan fingerprint density at radius 2 is 1.85 bits per heavy atom. The number of hydrogen-bond acceptors (Lipinski definition) is 3. The highest BCUT2D eigenvalue weighted by atomic mass is 35.5. The minimum Gasteiger partial charge on any atom is -0.367 e. The number of aryl methyl sites for hydroxylation is 1. The van der Waals surface area contributed by atoms with Crippen molar-refractivity contribution in [2.24, 2.45) is 5.73 Å². The number of nitrogens with one attached hydrogen (secondary N) is 1. The molecule has 1 amide bonds. The standard InChI is InChI=1S/C20H25N3O.2ClH/c1-14-7-9-16(10-8-14)19(21)20(24)22-11-12-23-15(2)13-17-5-3-4-6-18(17)23;;/h3-10,15,19H,11-13,21H2,1-2H3,(H,22,24);2*1H. The van der Waals surface area contributed by atoms with E-state index in [0.717, 1.165) is 24.1 Å². The number of rotatable bonds is 5. The summed E-state index contributed by atoms with van der Waals surface area (Å²) in [5, 5.41) is 2.97. The van der Waals surface area contributed by atoms with E-state index < -0.39 is 6.04 Å². The Morgan fingerprint density at radius 3 is 2.54 bits per heavy atom. The first-order chi connectivity index (χ1) is 11.6. The molecular formula is C20H27Cl2N3O. The minimum atomic E-state index is -0.617. The van der Waals surface area contributed by atoms with Gasteiger partial charge in [0, 0.05) is 24.8 Å². The number of benzene rings is 2. The molecule has 0 spiro atoms. The molecule has 1 aliphatic rings. The molecule has 2 aromatic carbocycles. The van der Waals surface area contributed by atoms with Crippen molar-refractivity contribution < 1.29 is 4.79 Å². The summed E-state index contributed by atoms with van der Waals surface area (Å²) < 4.78 is 0. The van der Waals surface area contributed by atoms with Gasteiger partial charge in [0.1, 0.15) is 6.04 Å². The number of amides is 1. The number of carbonyl (C=O) groups excluding carboxylic acids is 1. The molecule has 0 saturated heterocycles. The maximum absolute atomic E-state index is 12.3.